The van der Waals surface area contributed by atoms with Crippen molar-refractivity contribution in [2.24, 2.45) is 10.7 Å². The van der Waals surface area contributed by atoms with Crippen molar-refractivity contribution in [1.29, 1.82) is 0 Å². The Morgan fingerprint density at radius 3 is 2.65 bits per heavy atom. The Hall–Kier alpha value is -3.35. The molecule has 1 aliphatic heterocycles. The summed E-state index contributed by atoms with van der Waals surface area (Å²) in [5.74, 6) is 0.223. The number of guanidine groups is 1. The first kappa shape index (κ1) is 20.9. The first-order chi connectivity index (χ1) is 15.0. The monoisotopic (exact) mass is 419 g/mol. The van der Waals surface area contributed by atoms with Gasteiger partial charge in [0.05, 0.1) is 6.54 Å². The Bertz CT molecular complexity index is 1000. The Labute approximate surface area is 182 Å². The molecule has 1 spiro atoms. The molecule has 3 amide bonds. The molecule has 31 heavy (non-hydrogen) atoms. The fourth-order valence-electron chi connectivity index (χ4n) is 4.28. The molecule has 4 N–H and O–H groups in total. The van der Waals surface area contributed by atoms with Gasteiger partial charge in [-0.2, -0.15) is 0 Å². The first-order valence-corrected chi connectivity index (χ1v) is 10.9. The summed E-state index contributed by atoms with van der Waals surface area (Å²) in [6.07, 6.45) is 3.51. The normalized spacial score (nSPS) is 19.5. The van der Waals surface area contributed by atoms with Gasteiger partial charge in [-0.3, -0.25) is 9.69 Å². The van der Waals surface area contributed by atoms with Gasteiger partial charge < -0.3 is 16.4 Å². The second-order valence-corrected chi connectivity index (χ2v) is 8.16. The van der Waals surface area contributed by atoms with E-state index in [4.69, 9.17) is 5.73 Å². The number of aliphatic imine (C=N–C) groups is 1. The van der Waals surface area contributed by atoms with Crippen LogP contribution in [0.3, 0.4) is 0 Å². The number of hydrogen-bond acceptors (Lipinski definition) is 4. The van der Waals surface area contributed by atoms with Gasteiger partial charge in [0.15, 0.2) is 11.5 Å². The molecule has 162 valence electrons. The number of amides is 3. The highest BCUT2D eigenvalue weighted by Crippen LogP contribution is 2.44. The average Bonchev–Trinajstić information content (AvgIpc) is 3.26. The minimum absolute atomic E-state index is 0.0514. The lowest BCUT2D eigenvalue weighted by Gasteiger charge is -2.22. The van der Waals surface area contributed by atoms with Gasteiger partial charge in [0.1, 0.15) is 0 Å². The van der Waals surface area contributed by atoms with E-state index < -0.39 is 5.54 Å². The number of hydrogen-bond donors (Lipinski definition) is 3. The highest BCUT2D eigenvalue weighted by atomic mass is 16.2. The maximum absolute atomic E-state index is 13.3. The zero-order chi connectivity index (χ0) is 21.8. The van der Waals surface area contributed by atoms with E-state index in [9.17, 15) is 9.59 Å². The zero-order valence-corrected chi connectivity index (χ0v) is 17.9. The highest BCUT2D eigenvalue weighted by Gasteiger charge is 2.52. The number of carbonyl (C=O) groups is 2. The molecule has 0 saturated heterocycles. The number of nitrogens with one attached hydrogen (secondary N) is 2. The van der Waals surface area contributed by atoms with Gasteiger partial charge in [0, 0.05) is 13.1 Å². The van der Waals surface area contributed by atoms with Crippen molar-refractivity contribution in [2.45, 2.75) is 51.2 Å². The van der Waals surface area contributed by atoms with E-state index in [0.29, 0.717) is 26.1 Å². The number of unbranched alkanes of at least 4 members (excludes halogenated alkanes) is 1. The summed E-state index contributed by atoms with van der Waals surface area (Å²) in [5.41, 5.74) is 9.43. The topological polar surface area (TPSA) is 99.8 Å². The van der Waals surface area contributed by atoms with Crippen LogP contribution in [0.25, 0.3) is 0 Å². The van der Waals surface area contributed by atoms with Crippen LogP contribution in [-0.2, 0) is 29.8 Å². The van der Waals surface area contributed by atoms with Crippen molar-refractivity contribution in [2.75, 3.05) is 6.54 Å². The molecular weight excluding hydrogens is 390 g/mol. The number of benzene rings is 2. The van der Waals surface area contributed by atoms with Gasteiger partial charge >= 0.3 is 6.03 Å². The fourth-order valence-corrected chi connectivity index (χ4v) is 4.28. The Morgan fingerprint density at radius 1 is 1.13 bits per heavy atom. The smallest absolute Gasteiger partial charge is 0.315 e. The van der Waals surface area contributed by atoms with Crippen molar-refractivity contribution in [3.05, 3.63) is 70.8 Å². The third-order valence-corrected chi connectivity index (χ3v) is 6.03. The molecule has 1 heterocycles. The van der Waals surface area contributed by atoms with E-state index in [-0.39, 0.29) is 17.9 Å². The van der Waals surface area contributed by atoms with Crippen LogP contribution < -0.4 is 16.4 Å². The van der Waals surface area contributed by atoms with Crippen LogP contribution in [0.4, 0.5) is 4.79 Å². The number of urea groups is 1. The van der Waals surface area contributed by atoms with E-state index in [1.165, 1.54) is 5.56 Å². The molecule has 2 aromatic carbocycles. The Balaban J connectivity index is 1.38. The quantitative estimate of drug-likeness (QED) is 0.602. The fraction of sp³-hybridized carbons (Fsp3) is 0.375. The molecule has 0 bridgehead atoms. The van der Waals surface area contributed by atoms with E-state index in [1.807, 2.05) is 42.5 Å². The number of carbonyl (C=O) groups excluding carboxylic acids is 2. The van der Waals surface area contributed by atoms with Crippen LogP contribution in [-0.4, -0.2) is 29.3 Å². The lowest BCUT2D eigenvalue weighted by Crippen LogP contribution is -2.41. The van der Waals surface area contributed by atoms with Crippen LogP contribution >= 0.6 is 0 Å². The van der Waals surface area contributed by atoms with E-state index in [1.54, 1.807) is 4.90 Å². The third kappa shape index (κ3) is 4.13. The molecule has 1 atom stereocenters. The van der Waals surface area contributed by atoms with Crippen LogP contribution in [0, 0.1) is 0 Å². The van der Waals surface area contributed by atoms with Crippen molar-refractivity contribution >= 4 is 17.9 Å². The maximum Gasteiger partial charge on any atom is 0.315 e. The molecule has 1 unspecified atom stereocenters. The summed E-state index contributed by atoms with van der Waals surface area (Å²) in [4.78, 5) is 31.3. The molecule has 0 saturated carbocycles. The predicted molar refractivity (Wildman–Crippen MR) is 120 cm³/mol. The van der Waals surface area contributed by atoms with Crippen molar-refractivity contribution in [3.8, 4) is 0 Å². The highest BCUT2D eigenvalue weighted by molar-refractivity contribution is 6.07. The molecule has 0 fully saturated rings. The minimum Gasteiger partial charge on any atom is -0.369 e. The second-order valence-electron chi connectivity index (χ2n) is 8.16. The lowest BCUT2D eigenvalue weighted by atomic mass is 9.92. The van der Waals surface area contributed by atoms with Crippen molar-refractivity contribution in [3.63, 3.8) is 0 Å². The molecule has 1 aliphatic carbocycles. The number of nitrogens with two attached hydrogens (primary N) is 1. The van der Waals surface area contributed by atoms with Crippen molar-refractivity contribution in [1.82, 2.24) is 15.5 Å². The van der Waals surface area contributed by atoms with E-state index in [2.05, 4.69) is 28.6 Å². The molecule has 0 radical (unpaired) electrons. The largest absolute Gasteiger partial charge is 0.369 e. The molecule has 7 heteroatoms. The van der Waals surface area contributed by atoms with Gasteiger partial charge in [-0.15, -0.1) is 0 Å². The third-order valence-electron chi connectivity index (χ3n) is 6.03. The summed E-state index contributed by atoms with van der Waals surface area (Å²) < 4.78 is 0. The first-order valence-electron chi connectivity index (χ1n) is 10.9. The molecule has 0 aromatic heterocycles. The van der Waals surface area contributed by atoms with Crippen LogP contribution in [0.15, 0.2) is 53.5 Å². The SMILES string of the molecule is CCCCNC(=O)NCc1ccc(CN2C(=O)C3(CCc4ccccc43)N=C2N)cc1. The molecule has 2 aliphatic rings. The van der Waals surface area contributed by atoms with E-state index >= 15 is 0 Å². The number of rotatable bonds is 7. The molecular formula is C24H29N5O2. The van der Waals surface area contributed by atoms with Crippen LogP contribution in [0.1, 0.15) is 48.4 Å². The summed E-state index contributed by atoms with van der Waals surface area (Å²) >= 11 is 0. The summed E-state index contributed by atoms with van der Waals surface area (Å²) in [7, 11) is 0. The maximum atomic E-state index is 13.3. The predicted octanol–water partition coefficient (Wildman–Crippen LogP) is 2.78. The standard InChI is InChI=1S/C24H29N5O2/c1-2-3-14-26-23(31)27-15-17-8-10-18(11-9-17)16-29-21(30)24(28-22(29)25)13-12-19-6-4-5-7-20(19)24/h4-11H,2-3,12-16H2,1H3,(H2,25,28)(H2,26,27,31). The minimum atomic E-state index is -0.865. The summed E-state index contributed by atoms with van der Waals surface area (Å²) in [6.45, 7) is 3.59. The Morgan fingerprint density at radius 2 is 1.87 bits per heavy atom. The second kappa shape index (κ2) is 8.79. The number of aryl methyl sites for hydroxylation is 1. The van der Waals surface area contributed by atoms with Crippen LogP contribution in [0.5, 0.6) is 0 Å². The van der Waals surface area contributed by atoms with Gasteiger partial charge in [-0.05, 0) is 41.5 Å². The molecule has 4 rings (SSSR count). The number of nitrogens with zero attached hydrogens (tertiary/aromatic N) is 2. The number of fused-ring (bicyclic) bond motifs is 2. The molecule has 7 nitrogen and oxygen atoms in total. The average molecular weight is 420 g/mol. The van der Waals surface area contributed by atoms with Gasteiger partial charge in [0.2, 0.25) is 0 Å². The summed E-state index contributed by atoms with van der Waals surface area (Å²) in [6, 6.07) is 15.7. The van der Waals surface area contributed by atoms with Gasteiger partial charge in [-0.25, -0.2) is 9.79 Å². The van der Waals surface area contributed by atoms with E-state index in [0.717, 1.165) is 36.0 Å². The lowest BCUT2D eigenvalue weighted by molar-refractivity contribution is -0.131. The Kier molecular flexibility index (Phi) is 5.93. The van der Waals surface area contributed by atoms with Gasteiger partial charge in [-0.1, -0.05) is 61.9 Å². The summed E-state index contributed by atoms with van der Waals surface area (Å²) in [5, 5.41) is 5.69. The van der Waals surface area contributed by atoms with Crippen LogP contribution in [0.2, 0.25) is 0 Å². The van der Waals surface area contributed by atoms with Crippen molar-refractivity contribution < 1.29 is 9.59 Å². The van der Waals surface area contributed by atoms with Gasteiger partial charge in [0.25, 0.3) is 5.91 Å². The molecule has 2 aromatic rings. The zero-order valence-electron chi connectivity index (χ0n) is 17.9.